The molecule has 0 spiro atoms. The minimum Gasteiger partial charge on any atom is -0.340 e. The number of halogens is 2. The Morgan fingerprint density at radius 2 is 1.78 bits per heavy atom. The second-order valence-corrected chi connectivity index (χ2v) is 8.79. The van der Waals surface area contributed by atoms with Crippen LogP contribution in [0.5, 0.6) is 0 Å². The van der Waals surface area contributed by atoms with E-state index < -0.39 is 10.0 Å². The van der Waals surface area contributed by atoms with Crippen LogP contribution in [0.25, 0.3) is 0 Å². The largest absolute Gasteiger partial charge is 0.340 e. The molecule has 1 heterocycles. The van der Waals surface area contributed by atoms with Crippen molar-refractivity contribution in [1.29, 1.82) is 0 Å². The molecule has 8 heteroatoms. The third kappa shape index (κ3) is 3.22. The number of benzene rings is 1. The molecule has 2 atom stereocenters. The molecule has 5 nitrogen and oxygen atoms in total. The monoisotopic (exact) mass is 376 g/mol. The first-order chi connectivity index (χ1) is 10.8. The van der Waals surface area contributed by atoms with Crippen molar-refractivity contribution in [3.05, 3.63) is 28.2 Å². The molecule has 1 saturated carbocycles. The van der Waals surface area contributed by atoms with Gasteiger partial charge in [0.05, 0.1) is 10.0 Å². The molecule has 23 heavy (non-hydrogen) atoms. The van der Waals surface area contributed by atoms with Crippen LogP contribution >= 0.6 is 23.2 Å². The van der Waals surface area contributed by atoms with Gasteiger partial charge < -0.3 is 4.90 Å². The smallest absolute Gasteiger partial charge is 0.244 e. The lowest BCUT2D eigenvalue weighted by Crippen LogP contribution is -2.51. The van der Waals surface area contributed by atoms with Crippen molar-refractivity contribution in [2.45, 2.75) is 18.2 Å². The summed E-state index contributed by atoms with van der Waals surface area (Å²) in [5, 5.41) is 0.253. The summed E-state index contributed by atoms with van der Waals surface area (Å²) in [6.45, 7) is 3.44. The van der Waals surface area contributed by atoms with Crippen LogP contribution in [-0.2, 0) is 14.8 Å². The zero-order valence-electron chi connectivity index (χ0n) is 12.7. The van der Waals surface area contributed by atoms with Gasteiger partial charge in [0.15, 0.2) is 0 Å². The highest BCUT2D eigenvalue weighted by molar-refractivity contribution is 7.89. The van der Waals surface area contributed by atoms with Crippen molar-refractivity contribution in [2.75, 3.05) is 26.2 Å². The van der Waals surface area contributed by atoms with Gasteiger partial charge in [-0.25, -0.2) is 8.42 Å². The maximum absolute atomic E-state index is 12.7. The summed E-state index contributed by atoms with van der Waals surface area (Å²) in [6, 6.07) is 4.57. The van der Waals surface area contributed by atoms with Crippen LogP contribution in [0.1, 0.15) is 13.3 Å². The van der Waals surface area contributed by atoms with Gasteiger partial charge in [-0.3, -0.25) is 4.79 Å². The van der Waals surface area contributed by atoms with Crippen LogP contribution in [0.15, 0.2) is 23.1 Å². The number of carbonyl (C=O) groups is 1. The van der Waals surface area contributed by atoms with Gasteiger partial charge in [-0.2, -0.15) is 4.31 Å². The van der Waals surface area contributed by atoms with Gasteiger partial charge in [-0.05, 0) is 24.5 Å². The normalized spacial score (nSPS) is 25.4. The van der Waals surface area contributed by atoms with Gasteiger partial charge in [-0.1, -0.05) is 36.2 Å². The Kier molecular flexibility index (Phi) is 4.62. The lowest BCUT2D eigenvalue weighted by molar-refractivity contribution is -0.134. The van der Waals surface area contributed by atoms with Crippen molar-refractivity contribution in [3.8, 4) is 0 Å². The predicted molar refractivity (Wildman–Crippen MR) is 89.1 cm³/mol. The molecule has 126 valence electrons. The molecule has 0 N–H and O–H groups in total. The Morgan fingerprint density at radius 3 is 2.35 bits per heavy atom. The van der Waals surface area contributed by atoms with E-state index in [-0.39, 0.29) is 39.9 Å². The Labute approximate surface area is 146 Å². The fourth-order valence-corrected chi connectivity index (χ4v) is 5.03. The molecular formula is C15H18Cl2N2O3S. The second kappa shape index (κ2) is 6.24. The minimum absolute atomic E-state index is 0.0160. The SMILES string of the molecule is CC1CC1C(=O)N1CCN(S(=O)(=O)c2cccc(Cl)c2Cl)CC1. The van der Waals surface area contributed by atoms with Gasteiger partial charge in [0.25, 0.3) is 0 Å². The predicted octanol–water partition coefficient (Wildman–Crippen LogP) is 2.48. The Balaban J connectivity index is 1.71. The lowest BCUT2D eigenvalue weighted by Gasteiger charge is -2.34. The molecule has 2 aliphatic rings. The number of sulfonamides is 1. The van der Waals surface area contributed by atoms with Crippen molar-refractivity contribution < 1.29 is 13.2 Å². The van der Waals surface area contributed by atoms with Crippen molar-refractivity contribution >= 4 is 39.1 Å². The summed E-state index contributed by atoms with van der Waals surface area (Å²) in [5.74, 6) is 0.727. The highest BCUT2D eigenvalue weighted by Gasteiger charge is 2.42. The van der Waals surface area contributed by atoms with Gasteiger partial charge >= 0.3 is 0 Å². The Bertz CT molecular complexity index is 730. The third-order valence-corrected chi connectivity index (χ3v) is 7.38. The molecular weight excluding hydrogens is 359 g/mol. The number of amides is 1. The fraction of sp³-hybridized carbons (Fsp3) is 0.533. The lowest BCUT2D eigenvalue weighted by atomic mass is 10.2. The van der Waals surface area contributed by atoms with Crippen LogP contribution in [0.2, 0.25) is 10.0 Å². The number of hydrogen-bond acceptors (Lipinski definition) is 3. The van der Waals surface area contributed by atoms with E-state index >= 15 is 0 Å². The van der Waals surface area contributed by atoms with E-state index in [0.29, 0.717) is 19.0 Å². The highest BCUT2D eigenvalue weighted by Crippen LogP contribution is 2.39. The summed E-state index contributed by atoms with van der Waals surface area (Å²) >= 11 is 12.0. The van der Waals surface area contributed by atoms with Crippen molar-refractivity contribution in [3.63, 3.8) is 0 Å². The average Bonchev–Trinajstić information content (AvgIpc) is 3.26. The molecule has 0 bridgehead atoms. The molecule has 0 aromatic heterocycles. The molecule has 1 amide bonds. The topological polar surface area (TPSA) is 57.7 Å². The number of piperazine rings is 1. The first-order valence-electron chi connectivity index (χ1n) is 7.55. The molecule has 2 unspecified atom stereocenters. The highest BCUT2D eigenvalue weighted by atomic mass is 35.5. The Morgan fingerprint density at radius 1 is 1.17 bits per heavy atom. The van der Waals surface area contributed by atoms with Crippen LogP contribution < -0.4 is 0 Å². The van der Waals surface area contributed by atoms with E-state index in [1.165, 1.54) is 10.4 Å². The summed E-state index contributed by atoms with van der Waals surface area (Å²) in [6.07, 6.45) is 0.940. The molecule has 3 rings (SSSR count). The zero-order valence-corrected chi connectivity index (χ0v) is 15.0. The van der Waals surface area contributed by atoms with E-state index in [9.17, 15) is 13.2 Å². The van der Waals surface area contributed by atoms with Gasteiger partial charge in [-0.15, -0.1) is 0 Å². The summed E-state index contributed by atoms with van der Waals surface area (Å²) < 4.78 is 26.8. The molecule has 1 aromatic rings. The maximum atomic E-state index is 12.7. The molecule has 1 aliphatic carbocycles. The quantitative estimate of drug-likeness (QED) is 0.813. The molecule has 1 aliphatic heterocycles. The number of hydrogen-bond donors (Lipinski definition) is 0. The maximum Gasteiger partial charge on any atom is 0.244 e. The van der Waals surface area contributed by atoms with Gasteiger partial charge in [0.2, 0.25) is 15.9 Å². The van der Waals surface area contributed by atoms with E-state index in [2.05, 4.69) is 6.92 Å². The van der Waals surface area contributed by atoms with E-state index in [1.54, 1.807) is 17.0 Å². The summed E-state index contributed by atoms with van der Waals surface area (Å²) in [7, 11) is -3.70. The van der Waals surface area contributed by atoms with Crippen LogP contribution in [0, 0.1) is 11.8 Å². The number of carbonyl (C=O) groups excluding carboxylic acids is 1. The Hall–Kier alpha value is -0.820. The summed E-state index contributed by atoms with van der Waals surface area (Å²) in [5.41, 5.74) is 0. The molecule has 1 saturated heterocycles. The van der Waals surface area contributed by atoms with E-state index in [0.717, 1.165) is 6.42 Å². The van der Waals surface area contributed by atoms with Crippen LogP contribution in [0.3, 0.4) is 0 Å². The van der Waals surface area contributed by atoms with Gasteiger partial charge in [0.1, 0.15) is 4.90 Å². The molecule has 1 aromatic carbocycles. The second-order valence-electron chi connectivity index (χ2n) is 6.10. The van der Waals surface area contributed by atoms with Crippen molar-refractivity contribution in [2.24, 2.45) is 11.8 Å². The number of rotatable bonds is 3. The van der Waals surface area contributed by atoms with E-state index in [1.807, 2.05) is 0 Å². The zero-order chi connectivity index (χ0) is 16.8. The van der Waals surface area contributed by atoms with Gasteiger partial charge in [0, 0.05) is 32.1 Å². The minimum atomic E-state index is -3.70. The molecule has 2 fully saturated rings. The standard InChI is InChI=1S/C15H18Cl2N2O3S/c1-10-9-11(10)15(20)18-5-7-19(8-6-18)23(21,22)13-4-2-3-12(16)14(13)17/h2-4,10-11H,5-9H2,1H3. The van der Waals surface area contributed by atoms with Crippen molar-refractivity contribution in [1.82, 2.24) is 9.21 Å². The fourth-order valence-electron chi connectivity index (χ4n) is 2.87. The number of nitrogens with zero attached hydrogens (tertiary/aromatic N) is 2. The van der Waals surface area contributed by atoms with Crippen LogP contribution in [0.4, 0.5) is 0 Å². The average molecular weight is 377 g/mol. The third-order valence-electron chi connectivity index (χ3n) is 4.51. The van der Waals surface area contributed by atoms with E-state index in [4.69, 9.17) is 23.2 Å². The first-order valence-corrected chi connectivity index (χ1v) is 9.75. The molecule has 0 radical (unpaired) electrons. The van der Waals surface area contributed by atoms with Crippen LogP contribution in [-0.4, -0.2) is 49.7 Å². The summed E-state index contributed by atoms with van der Waals surface area (Å²) in [4.78, 5) is 14.0. The first kappa shape index (κ1) is 17.0.